The zero-order chi connectivity index (χ0) is 26.3. The van der Waals surface area contributed by atoms with Gasteiger partial charge in [0.15, 0.2) is 11.5 Å². The van der Waals surface area contributed by atoms with E-state index in [0.29, 0.717) is 34.4 Å². The fourth-order valence-electron chi connectivity index (χ4n) is 3.77. The van der Waals surface area contributed by atoms with Gasteiger partial charge < -0.3 is 14.2 Å². The van der Waals surface area contributed by atoms with Gasteiger partial charge in [-0.15, -0.1) is 0 Å². The normalized spacial score (nSPS) is 15.8. The molecule has 2 aliphatic heterocycles. The van der Waals surface area contributed by atoms with Crippen LogP contribution in [0, 0.1) is 14.1 Å². The van der Waals surface area contributed by atoms with Crippen LogP contribution in [0.5, 0.6) is 17.2 Å². The highest BCUT2D eigenvalue weighted by Crippen LogP contribution is 2.35. The van der Waals surface area contributed by atoms with Crippen LogP contribution >= 0.6 is 56.8 Å². The van der Waals surface area contributed by atoms with Gasteiger partial charge in [0.2, 0.25) is 6.79 Å². The number of benzene rings is 3. The number of rotatable bonds is 5. The van der Waals surface area contributed by atoms with Crippen LogP contribution < -0.4 is 24.4 Å². The first-order chi connectivity index (χ1) is 17.7. The minimum absolute atomic E-state index is 0.170. The van der Waals surface area contributed by atoms with Gasteiger partial charge in [-0.05, 0) is 111 Å². The number of halogens is 3. The summed E-state index contributed by atoms with van der Waals surface area (Å²) in [6, 6.07) is 13.2. The van der Waals surface area contributed by atoms with Gasteiger partial charge in [0.25, 0.3) is 11.8 Å². The third-order valence-electron chi connectivity index (χ3n) is 5.67. The summed E-state index contributed by atoms with van der Waals surface area (Å²) in [5.74, 6) is 0.562. The highest BCUT2D eigenvalue weighted by Gasteiger charge is 2.37. The number of aryl methyl sites for hydroxylation is 1. The van der Waals surface area contributed by atoms with Crippen LogP contribution in [0.4, 0.5) is 10.5 Å². The average molecular weight is 743 g/mol. The second-order valence-electron chi connectivity index (χ2n) is 8.18. The number of hydrogen-bond acceptors (Lipinski definition) is 6. The number of amides is 4. The molecule has 0 atom stereocenters. The lowest BCUT2D eigenvalue weighted by Gasteiger charge is -2.26. The minimum atomic E-state index is -0.830. The maximum Gasteiger partial charge on any atom is 0.335 e. The number of carbonyl (C=O) groups excluding carboxylic acids is 3. The van der Waals surface area contributed by atoms with E-state index in [1.807, 2.05) is 25.1 Å². The van der Waals surface area contributed by atoms with Crippen molar-refractivity contribution in [2.75, 3.05) is 11.7 Å². The van der Waals surface area contributed by atoms with Gasteiger partial charge in [0.1, 0.15) is 17.9 Å². The lowest BCUT2D eigenvalue weighted by molar-refractivity contribution is -0.122. The van der Waals surface area contributed by atoms with Crippen molar-refractivity contribution in [2.24, 2.45) is 0 Å². The fourth-order valence-corrected chi connectivity index (χ4v) is 6.07. The molecule has 4 amide bonds. The van der Waals surface area contributed by atoms with Gasteiger partial charge in [-0.3, -0.25) is 14.9 Å². The van der Waals surface area contributed by atoms with Crippen LogP contribution in [0.25, 0.3) is 6.08 Å². The molecule has 1 saturated heterocycles. The van der Waals surface area contributed by atoms with E-state index in [1.165, 1.54) is 12.1 Å². The molecule has 8 nitrogen and oxygen atoms in total. The van der Waals surface area contributed by atoms with Crippen molar-refractivity contribution >= 4 is 86.4 Å². The summed E-state index contributed by atoms with van der Waals surface area (Å²) in [5.41, 5.74) is 2.43. The second kappa shape index (κ2) is 10.5. The summed E-state index contributed by atoms with van der Waals surface area (Å²) in [7, 11) is 0. The summed E-state index contributed by atoms with van der Waals surface area (Å²) in [5, 5.41) is 2.63. The summed E-state index contributed by atoms with van der Waals surface area (Å²) in [6.07, 6.45) is 1.46. The molecule has 0 radical (unpaired) electrons. The van der Waals surface area contributed by atoms with E-state index in [9.17, 15) is 14.4 Å². The fraction of sp³-hybridized carbons (Fsp3) is 0.115. The highest BCUT2D eigenvalue weighted by atomic mass is 127. The van der Waals surface area contributed by atoms with Crippen LogP contribution in [0.1, 0.15) is 16.7 Å². The predicted octanol–water partition coefficient (Wildman–Crippen LogP) is 5.83. The Labute approximate surface area is 244 Å². The molecule has 37 heavy (non-hydrogen) atoms. The molecule has 5 rings (SSSR count). The Morgan fingerprint density at radius 2 is 1.76 bits per heavy atom. The van der Waals surface area contributed by atoms with Crippen molar-refractivity contribution in [3.63, 3.8) is 0 Å². The van der Waals surface area contributed by atoms with Crippen molar-refractivity contribution in [1.29, 1.82) is 0 Å². The molecular weight excluding hydrogens is 726 g/mol. The third kappa shape index (κ3) is 5.27. The topological polar surface area (TPSA) is 94.2 Å². The summed E-state index contributed by atoms with van der Waals surface area (Å²) in [6.45, 7) is 2.34. The first-order valence-corrected chi connectivity index (χ1v) is 13.4. The molecule has 1 N–H and O–H groups in total. The lowest BCUT2D eigenvalue weighted by atomic mass is 10.1. The van der Waals surface area contributed by atoms with Crippen LogP contribution in [0.15, 0.2) is 54.1 Å². The van der Waals surface area contributed by atoms with Crippen LogP contribution in [-0.4, -0.2) is 24.6 Å². The molecule has 0 aliphatic carbocycles. The average Bonchev–Trinajstić information content (AvgIpc) is 3.31. The Balaban J connectivity index is 1.39. The Hall–Kier alpha value is -2.84. The zero-order valence-electron chi connectivity index (χ0n) is 19.1. The Bertz CT molecular complexity index is 1480. The Morgan fingerprint density at radius 3 is 2.49 bits per heavy atom. The highest BCUT2D eigenvalue weighted by molar-refractivity contribution is 14.1. The van der Waals surface area contributed by atoms with Gasteiger partial charge in [0, 0.05) is 5.02 Å². The number of urea groups is 1. The van der Waals surface area contributed by atoms with E-state index in [2.05, 4.69) is 50.5 Å². The third-order valence-corrected chi connectivity index (χ3v) is 7.68. The standard InChI is InChI=1S/C26H17ClI2N2O6/c1-13-2-4-16(10-18(13)27)31-25(33)17(24(32)30-26(31)34)6-15-7-19(28)23(20(29)8-15)35-11-14-3-5-21-22(9-14)37-12-36-21/h2-10H,11-12H2,1H3,(H,30,32,34)/b17-6-. The summed E-state index contributed by atoms with van der Waals surface area (Å²) in [4.78, 5) is 39.2. The molecule has 2 aliphatic rings. The second-order valence-corrected chi connectivity index (χ2v) is 10.9. The lowest BCUT2D eigenvalue weighted by Crippen LogP contribution is -2.54. The number of anilines is 1. The SMILES string of the molecule is Cc1ccc(N2C(=O)NC(=O)/C(=C/c3cc(I)c(OCc4ccc5c(c4)OCO5)c(I)c3)C2=O)cc1Cl. The molecule has 0 spiro atoms. The van der Waals surface area contributed by atoms with Gasteiger partial charge in [-0.2, -0.15) is 0 Å². The van der Waals surface area contributed by atoms with E-state index in [-0.39, 0.29) is 18.1 Å². The number of imide groups is 2. The molecule has 2 heterocycles. The van der Waals surface area contributed by atoms with Crippen LogP contribution in [0.2, 0.25) is 5.02 Å². The van der Waals surface area contributed by atoms with Crippen molar-refractivity contribution in [3.8, 4) is 17.2 Å². The monoisotopic (exact) mass is 742 g/mol. The molecule has 0 bridgehead atoms. The van der Waals surface area contributed by atoms with E-state index < -0.39 is 17.8 Å². The minimum Gasteiger partial charge on any atom is -0.487 e. The largest absolute Gasteiger partial charge is 0.487 e. The zero-order valence-corrected chi connectivity index (χ0v) is 24.2. The van der Waals surface area contributed by atoms with Gasteiger partial charge in [0.05, 0.1) is 12.8 Å². The van der Waals surface area contributed by atoms with Gasteiger partial charge in [-0.1, -0.05) is 23.7 Å². The number of nitrogens with one attached hydrogen (secondary N) is 1. The van der Waals surface area contributed by atoms with Gasteiger partial charge >= 0.3 is 6.03 Å². The van der Waals surface area contributed by atoms with Crippen LogP contribution in [-0.2, 0) is 16.2 Å². The molecule has 188 valence electrons. The van der Waals surface area contributed by atoms with Gasteiger partial charge in [-0.25, -0.2) is 9.69 Å². The van der Waals surface area contributed by atoms with Crippen molar-refractivity contribution < 1.29 is 28.6 Å². The first-order valence-electron chi connectivity index (χ1n) is 10.9. The number of carbonyl (C=O) groups is 3. The van der Waals surface area contributed by atoms with Crippen molar-refractivity contribution in [1.82, 2.24) is 5.32 Å². The van der Waals surface area contributed by atoms with E-state index in [0.717, 1.165) is 23.2 Å². The molecule has 0 saturated carbocycles. The van der Waals surface area contributed by atoms with Crippen LogP contribution in [0.3, 0.4) is 0 Å². The Kier molecular flexibility index (Phi) is 7.32. The number of hydrogen-bond donors (Lipinski definition) is 1. The number of barbiturate groups is 1. The molecule has 1 fully saturated rings. The molecule has 0 unspecified atom stereocenters. The number of ether oxygens (including phenoxy) is 3. The first kappa shape index (κ1) is 25.8. The summed E-state index contributed by atoms with van der Waals surface area (Å²) < 4.78 is 18.4. The molecule has 3 aromatic carbocycles. The summed E-state index contributed by atoms with van der Waals surface area (Å²) >= 11 is 10.5. The molecular formula is C26H17ClI2N2O6. The van der Waals surface area contributed by atoms with E-state index >= 15 is 0 Å². The number of fused-ring (bicyclic) bond motifs is 1. The van der Waals surface area contributed by atoms with Crippen molar-refractivity contribution in [2.45, 2.75) is 13.5 Å². The van der Waals surface area contributed by atoms with Crippen molar-refractivity contribution in [3.05, 3.63) is 83.0 Å². The Morgan fingerprint density at radius 1 is 1.03 bits per heavy atom. The predicted molar refractivity (Wildman–Crippen MR) is 154 cm³/mol. The number of nitrogens with zero attached hydrogens (tertiary/aromatic N) is 1. The van der Waals surface area contributed by atoms with E-state index in [1.54, 1.807) is 24.3 Å². The molecule has 3 aromatic rings. The molecule has 0 aromatic heterocycles. The quantitative estimate of drug-likeness (QED) is 0.201. The van der Waals surface area contributed by atoms with E-state index in [4.69, 9.17) is 25.8 Å². The smallest absolute Gasteiger partial charge is 0.335 e. The maximum absolute atomic E-state index is 13.2. The maximum atomic E-state index is 13.2. The molecule has 11 heteroatoms.